The standard InChI is InChI=1S/C20H22BrN3O3/c21-15-5-6-17-18(9-15)22-20(27)24(19(17)26)12-16(25)11-23-8-7-13-3-1-2-4-14(13)10-23/h3-6,9,16,25H,1-2,7-8,10-12H2,(H,22,27). The van der Waals surface area contributed by atoms with E-state index in [2.05, 4.69) is 38.0 Å². The summed E-state index contributed by atoms with van der Waals surface area (Å²) >= 11 is 3.33. The van der Waals surface area contributed by atoms with E-state index in [0.29, 0.717) is 17.4 Å². The molecule has 2 aliphatic rings. The summed E-state index contributed by atoms with van der Waals surface area (Å²) < 4.78 is 1.88. The van der Waals surface area contributed by atoms with Gasteiger partial charge in [0.1, 0.15) is 0 Å². The maximum atomic E-state index is 12.7. The molecule has 0 bridgehead atoms. The third-order valence-corrected chi connectivity index (χ3v) is 5.75. The van der Waals surface area contributed by atoms with Crippen molar-refractivity contribution in [1.29, 1.82) is 0 Å². The van der Waals surface area contributed by atoms with Crippen molar-refractivity contribution in [1.82, 2.24) is 14.5 Å². The highest BCUT2D eigenvalue weighted by atomic mass is 79.9. The van der Waals surface area contributed by atoms with Crippen molar-refractivity contribution in [2.75, 3.05) is 19.6 Å². The Hall–Kier alpha value is -1.96. The molecule has 2 N–H and O–H groups in total. The number of aliphatic hydroxyl groups excluding tert-OH is 1. The highest BCUT2D eigenvalue weighted by Gasteiger charge is 2.22. The first-order valence-electron chi connectivity index (χ1n) is 9.22. The molecule has 142 valence electrons. The zero-order valence-electron chi connectivity index (χ0n) is 14.9. The fraction of sp³-hybridized carbons (Fsp3) is 0.400. The molecule has 0 spiro atoms. The molecule has 1 aliphatic heterocycles. The Labute approximate surface area is 164 Å². The molecule has 1 fully saturated rings. The van der Waals surface area contributed by atoms with Crippen molar-refractivity contribution in [3.63, 3.8) is 0 Å². The summed E-state index contributed by atoms with van der Waals surface area (Å²) in [6, 6.07) is 5.14. The van der Waals surface area contributed by atoms with Crippen molar-refractivity contribution < 1.29 is 5.11 Å². The van der Waals surface area contributed by atoms with Crippen LogP contribution < -0.4 is 11.2 Å². The van der Waals surface area contributed by atoms with Gasteiger partial charge in [0.25, 0.3) is 5.56 Å². The van der Waals surface area contributed by atoms with Gasteiger partial charge < -0.3 is 10.1 Å². The van der Waals surface area contributed by atoms with Gasteiger partial charge >= 0.3 is 5.69 Å². The van der Waals surface area contributed by atoms with Crippen LogP contribution in [0.2, 0.25) is 0 Å². The van der Waals surface area contributed by atoms with Gasteiger partial charge in [-0.1, -0.05) is 28.1 Å². The molecule has 2 heterocycles. The number of β-amino-alcohol motifs (C(OH)–C–C–N with tert-alkyl or cyclic N) is 1. The van der Waals surface area contributed by atoms with E-state index in [0.717, 1.165) is 41.4 Å². The van der Waals surface area contributed by atoms with E-state index in [9.17, 15) is 14.7 Å². The Balaban J connectivity index is 1.50. The minimum atomic E-state index is -0.786. The minimum Gasteiger partial charge on any atom is -0.390 e. The molecule has 1 aromatic heterocycles. The second-order valence-electron chi connectivity index (χ2n) is 7.21. The number of nitrogens with zero attached hydrogens (tertiary/aromatic N) is 2. The Morgan fingerprint density at radius 2 is 1.93 bits per heavy atom. The quantitative estimate of drug-likeness (QED) is 0.777. The van der Waals surface area contributed by atoms with Crippen molar-refractivity contribution >= 4 is 26.8 Å². The lowest BCUT2D eigenvalue weighted by Gasteiger charge is -2.33. The fourth-order valence-electron chi connectivity index (χ4n) is 3.92. The summed E-state index contributed by atoms with van der Waals surface area (Å²) in [6.45, 7) is 2.13. The molecular weight excluding hydrogens is 410 g/mol. The van der Waals surface area contributed by atoms with Crippen molar-refractivity contribution in [2.24, 2.45) is 0 Å². The number of benzene rings is 1. The first kappa shape index (κ1) is 18.4. The first-order valence-corrected chi connectivity index (χ1v) is 10.0. The van der Waals surface area contributed by atoms with Gasteiger partial charge in [-0.15, -0.1) is 0 Å². The molecule has 7 heteroatoms. The third kappa shape index (κ3) is 3.85. The Morgan fingerprint density at radius 3 is 2.74 bits per heavy atom. The van der Waals surface area contributed by atoms with Crippen LogP contribution in [-0.4, -0.2) is 45.3 Å². The summed E-state index contributed by atoms with van der Waals surface area (Å²) in [5, 5.41) is 11.0. The number of aliphatic hydroxyl groups is 1. The number of aromatic amines is 1. The van der Waals surface area contributed by atoms with E-state index in [1.165, 1.54) is 11.1 Å². The van der Waals surface area contributed by atoms with Crippen molar-refractivity contribution in [3.8, 4) is 0 Å². The monoisotopic (exact) mass is 431 g/mol. The predicted molar refractivity (Wildman–Crippen MR) is 109 cm³/mol. The van der Waals surface area contributed by atoms with Crippen LogP contribution in [0.25, 0.3) is 10.9 Å². The van der Waals surface area contributed by atoms with Crippen molar-refractivity contribution in [2.45, 2.75) is 31.9 Å². The van der Waals surface area contributed by atoms with Gasteiger partial charge in [-0.05, 0) is 48.6 Å². The molecule has 1 unspecified atom stereocenters. The van der Waals surface area contributed by atoms with Gasteiger partial charge in [-0.2, -0.15) is 0 Å². The number of H-pyrrole nitrogens is 1. The highest BCUT2D eigenvalue weighted by Crippen LogP contribution is 2.27. The number of halogens is 1. The normalized spacial score (nSPS) is 18.7. The van der Waals surface area contributed by atoms with E-state index in [-0.39, 0.29) is 12.1 Å². The van der Waals surface area contributed by atoms with E-state index < -0.39 is 11.8 Å². The Kier molecular flexibility index (Phi) is 5.16. The van der Waals surface area contributed by atoms with Crippen LogP contribution >= 0.6 is 15.9 Å². The van der Waals surface area contributed by atoms with E-state index >= 15 is 0 Å². The molecule has 1 aliphatic carbocycles. The SMILES string of the molecule is O=c1[nH]c2cc(Br)ccc2c(=O)n1CC(O)CN1CCC2=CCCC=C2C1. The number of allylic oxidation sites excluding steroid dienone is 2. The first-order chi connectivity index (χ1) is 13.0. The van der Waals surface area contributed by atoms with Crippen LogP contribution in [0.15, 0.2) is 55.6 Å². The average molecular weight is 432 g/mol. The number of hydrogen-bond donors (Lipinski definition) is 2. The molecule has 0 saturated carbocycles. The molecular formula is C20H22BrN3O3. The second kappa shape index (κ2) is 7.58. The molecule has 2 aromatic rings. The van der Waals surface area contributed by atoms with Crippen LogP contribution in [0.3, 0.4) is 0 Å². The van der Waals surface area contributed by atoms with E-state index in [1.54, 1.807) is 18.2 Å². The Morgan fingerprint density at radius 1 is 1.15 bits per heavy atom. The van der Waals surface area contributed by atoms with E-state index in [4.69, 9.17) is 0 Å². The van der Waals surface area contributed by atoms with Gasteiger partial charge in [-0.3, -0.25) is 14.3 Å². The molecule has 6 nitrogen and oxygen atoms in total. The third-order valence-electron chi connectivity index (χ3n) is 5.26. The van der Waals surface area contributed by atoms with Crippen LogP contribution in [-0.2, 0) is 6.54 Å². The largest absolute Gasteiger partial charge is 0.390 e. The zero-order valence-corrected chi connectivity index (χ0v) is 16.5. The predicted octanol–water partition coefficient (Wildman–Crippen LogP) is 2.17. The number of likely N-dealkylation sites (tertiary alicyclic amines) is 1. The van der Waals surface area contributed by atoms with Gasteiger partial charge in [0, 0.05) is 24.1 Å². The number of fused-ring (bicyclic) bond motifs is 2. The summed E-state index contributed by atoms with van der Waals surface area (Å²) in [4.78, 5) is 29.9. The summed E-state index contributed by atoms with van der Waals surface area (Å²) in [5.41, 5.74) is 2.40. The highest BCUT2D eigenvalue weighted by molar-refractivity contribution is 9.10. The summed E-state index contributed by atoms with van der Waals surface area (Å²) in [6.07, 6.45) is 7.00. The number of aromatic nitrogens is 2. The topological polar surface area (TPSA) is 78.3 Å². The van der Waals surface area contributed by atoms with Gasteiger partial charge in [-0.25, -0.2) is 4.79 Å². The lowest BCUT2D eigenvalue weighted by atomic mass is 9.91. The smallest absolute Gasteiger partial charge is 0.328 e. The van der Waals surface area contributed by atoms with Crippen LogP contribution in [0.4, 0.5) is 0 Å². The number of rotatable bonds is 4. The van der Waals surface area contributed by atoms with Crippen LogP contribution in [0, 0.1) is 0 Å². The molecule has 1 atom stereocenters. The lowest BCUT2D eigenvalue weighted by Crippen LogP contribution is -2.44. The number of nitrogens with one attached hydrogen (secondary N) is 1. The molecule has 1 aromatic carbocycles. The fourth-order valence-corrected chi connectivity index (χ4v) is 4.28. The van der Waals surface area contributed by atoms with E-state index in [1.807, 2.05) is 0 Å². The van der Waals surface area contributed by atoms with Gasteiger partial charge in [0.15, 0.2) is 0 Å². The second-order valence-corrected chi connectivity index (χ2v) is 8.13. The molecule has 0 amide bonds. The molecule has 27 heavy (non-hydrogen) atoms. The average Bonchev–Trinajstić information content (AvgIpc) is 2.65. The zero-order chi connectivity index (χ0) is 19.0. The van der Waals surface area contributed by atoms with Gasteiger partial charge in [0.2, 0.25) is 0 Å². The molecule has 0 radical (unpaired) electrons. The maximum Gasteiger partial charge on any atom is 0.328 e. The minimum absolute atomic E-state index is 0.0155. The summed E-state index contributed by atoms with van der Waals surface area (Å²) in [5.74, 6) is 0. The lowest BCUT2D eigenvalue weighted by molar-refractivity contribution is 0.0980. The maximum absolute atomic E-state index is 12.7. The van der Waals surface area contributed by atoms with Crippen LogP contribution in [0.1, 0.15) is 19.3 Å². The Bertz CT molecular complexity index is 1050. The van der Waals surface area contributed by atoms with Gasteiger partial charge in [0.05, 0.1) is 23.6 Å². The van der Waals surface area contributed by atoms with Crippen LogP contribution in [0.5, 0.6) is 0 Å². The molecule has 1 saturated heterocycles. The number of piperidine rings is 1. The number of hydrogen-bond acceptors (Lipinski definition) is 4. The molecule has 4 rings (SSSR count). The summed E-state index contributed by atoms with van der Waals surface area (Å²) in [7, 11) is 0. The van der Waals surface area contributed by atoms with Crippen molar-refractivity contribution in [3.05, 3.63) is 66.8 Å².